The number of nitrogens with zero attached hydrogens (tertiary/aromatic N) is 3. The summed E-state index contributed by atoms with van der Waals surface area (Å²) >= 11 is 9.14. The van der Waals surface area contributed by atoms with Gasteiger partial charge in [0.15, 0.2) is 6.29 Å². The van der Waals surface area contributed by atoms with E-state index in [-0.39, 0.29) is 10.7 Å². The quantitative estimate of drug-likeness (QED) is 0.273. The van der Waals surface area contributed by atoms with Crippen LogP contribution in [0.2, 0.25) is 0 Å². The molecule has 0 saturated carbocycles. The largest absolute Gasteiger partial charge is 0.298 e. The van der Waals surface area contributed by atoms with E-state index >= 15 is 0 Å². The maximum atomic E-state index is 10.6. The number of benzene rings is 1. The predicted octanol–water partition coefficient (Wildman–Crippen LogP) is 3.87. The molecule has 0 fully saturated rings. The van der Waals surface area contributed by atoms with Gasteiger partial charge in [-0.1, -0.05) is 44.8 Å². The Bertz CT molecular complexity index is 449. The molecule has 1 aromatic rings. The number of halogens is 2. The van der Waals surface area contributed by atoms with E-state index in [4.69, 9.17) is 17.1 Å². The molecule has 0 radical (unpaired) electrons. The fourth-order valence-electron chi connectivity index (χ4n) is 0.911. The second-order valence-electron chi connectivity index (χ2n) is 2.51. The summed E-state index contributed by atoms with van der Waals surface area (Å²) in [4.78, 5) is 13.1. The van der Waals surface area contributed by atoms with Crippen molar-refractivity contribution in [1.82, 2.24) is 0 Å². The van der Waals surface area contributed by atoms with Crippen LogP contribution in [0.15, 0.2) is 39.5 Å². The molecule has 1 aromatic carbocycles. The first-order valence-corrected chi connectivity index (χ1v) is 5.02. The number of aldehydes is 1. The van der Waals surface area contributed by atoms with Crippen LogP contribution in [0.1, 0.15) is 5.56 Å². The molecule has 0 aliphatic rings. The van der Waals surface area contributed by atoms with Gasteiger partial charge in [0.2, 0.25) is 0 Å². The average Bonchev–Trinajstić information content (AvgIpc) is 2.26. The third-order valence-corrected chi connectivity index (χ3v) is 2.53. The topological polar surface area (TPSA) is 65.8 Å². The summed E-state index contributed by atoms with van der Waals surface area (Å²) in [6, 6.07) is 6.97. The monoisotopic (exact) mass is 285 g/mol. The smallest absolute Gasteiger partial charge is 0.153 e. The summed E-state index contributed by atoms with van der Waals surface area (Å²) in [5.74, 6) is 0. The van der Waals surface area contributed by atoms with Crippen LogP contribution in [-0.4, -0.2) is 6.29 Å². The van der Waals surface area contributed by atoms with Crippen molar-refractivity contribution in [3.8, 4) is 0 Å². The van der Waals surface area contributed by atoms with Gasteiger partial charge in [-0.25, -0.2) is 0 Å². The third-order valence-electron chi connectivity index (χ3n) is 1.59. The Kier molecular flexibility index (Phi) is 4.37. The Morgan fingerprint density at radius 1 is 1.47 bits per heavy atom. The molecule has 0 bridgehead atoms. The lowest BCUT2D eigenvalue weighted by Crippen LogP contribution is -1.84. The first kappa shape index (κ1) is 11.8. The number of carbonyl (C=O) groups excluding carboxylic acids is 1. The van der Waals surface area contributed by atoms with E-state index < -0.39 is 0 Å². The van der Waals surface area contributed by atoms with Crippen LogP contribution in [0.3, 0.4) is 0 Å². The van der Waals surface area contributed by atoms with E-state index in [0.717, 1.165) is 4.47 Å². The summed E-state index contributed by atoms with van der Waals surface area (Å²) in [6.45, 7) is 0. The summed E-state index contributed by atoms with van der Waals surface area (Å²) in [6.07, 6.45) is 0.421. The molecule has 0 N–H and O–H groups in total. The second-order valence-corrected chi connectivity index (χ2v) is 3.81. The second kappa shape index (κ2) is 5.56. The van der Waals surface area contributed by atoms with Gasteiger partial charge in [0.25, 0.3) is 0 Å². The minimum atomic E-state index is -0.124. The van der Waals surface area contributed by atoms with Crippen LogP contribution >= 0.6 is 27.5 Å². The summed E-state index contributed by atoms with van der Waals surface area (Å²) in [5.41, 5.74) is 8.70. The zero-order valence-electron chi connectivity index (χ0n) is 7.39. The molecule has 0 aliphatic heterocycles. The van der Waals surface area contributed by atoms with Crippen LogP contribution in [-0.2, 0) is 4.79 Å². The van der Waals surface area contributed by atoms with E-state index in [2.05, 4.69) is 26.0 Å². The molecule has 0 saturated heterocycles. The highest BCUT2D eigenvalue weighted by atomic mass is 79.9. The minimum Gasteiger partial charge on any atom is -0.298 e. The predicted molar refractivity (Wildman–Crippen MR) is 62.1 cm³/mol. The van der Waals surface area contributed by atoms with Gasteiger partial charge in [0.1, 0.15) is 0 Å². The molecule has 0 heterocycles. The standard InChI is InChI=1S/C9H5BrClN3O/c10-7-3-1-6(2-4-7)9(11)8(5-15)13-14-12/h1-5H/b9-8-. The van der Waals surface area contributed by atoms with Crippen molar-refractivity contribution in [3.05, 3.63) is 50.4 Å². The van der Waals surface area contributed by atoms with Gasteiger partial charge in [-0.05, 0) is 23.2 Å². The Labute approximate surface area is 99.3 Å². The van der Waals surface area contributed by atoms with Crippen molar-refractivity contribution < 1.29 is 4.79 Å². The maximum Gasteiger partial charge on any atom is 0.153 e. The molecule has 0 aliphatic carbocycles. The highest BCUT2D eigenvalue weighted by molar-refractivity contribution is 9.10. The van der Waals surface area contributed by atoms with Gasteiger partial charge >= 0.3 is 0 Å². The zero-order valence-corrected chi connectivity index (χ0v) is 9.73. The number of carbonyl (C=O) groups is 1. The van der Waals surface area contributed by atoms with Crippen molar-refractivity contribution >= 4 is 38.8 Å². The van der Waals surface area contributed by atoms with Crippen LogP contribution in [0, 0.1) is 0 Å². The van der Waals surface area contributed by atoms with Gasteiger partial charge < -0.3 is 0 Å². The molecule has 0 atom stereocenters. The molecular formula is C9H5BrClN3O. The molecular weight excluding hydrogens is 281 g/mol. The van der Waals surface area contributed by atoms with Crippen molar-refractivity contribution in [3.63, 3.8) is 0 Å². The number of azide groups is 1. The summed E-state index contributed by atoms with van der Waals surface area (Å²) < 4.78 is 0.896. The molecule has 0 unspecified atom stereocenters. The summed E-state index contributed by atoms with van der Waals surface area (Å²) in [5, 5.41) is 3.32. The normalized spacial score (nSPS) is 11.3. The molecule has 4 nitrogen and oxygen atoms in total. The molecule has 0 spiro atoms. The fourth-order valence-corrected chi connectivity index (χ4v) is 1.38. The SMILES string of the molecule is [N-]=[N+]=N/C(C=O)=C(\Cl)c1ccc(Br)cc1. The van der Waals surface area contributed by atoms with Crippen molar-refractivity contribution in [2.45, 2.75) is 0 Å². The molecule has 76 valence electrons. The van der Waals surface area contributed by atoms with Crippen molar-refractivity contribution in [1.29, 1.82) is 0 Å². The van der Waals surface area contributed by atoms with E-state index in [0.29, 0.717) is 11.8 Å². The maximum absolute atomic E-state index is 10.6. The van der Waals surface area contributed by atoms with Gasteiger partial charge in [0, 0.05) is 9.38 Å². The van der Waals surface area contributed by atoms with Crippen LogP contribution in [0.4, 0.5) is 0 Å². The lowest BCUT2D eigenvalue weighted by Gasteiger charge is -2.00. The Morgan fingerprint density at radius 3 is 2.53 bits per heavy atom. The highest BCUT2D eigenvalue weighted by Gasteiger charge is 2.04. The first-order valence-electron chi connectivity index (χ1n) is 3.85. The molecule has 6 heteroatoms. The van der Waals surface area contributed by atoms with Crippen LogP contribution in [0.25, 0.3) is 15.5 Å². The van der Waals surface area contributed by atoms with Crippen LogP contribution in [0.5, 0.6) is 0 Å². The first-order chi connectivity index (χ1) is 7.19. The number of allylic oxidation sites excluding steroid dienone is 1. The van der Waals surface area contributed by atoms with Crippen LogP contribution < -0.4 is 0 Å². The molecule has 1 rings (SSSR count). The summed E-state index contributed by atoms with van der Waals surface area (Å²) in [7, 11) is 0. The fraction of sp³-hybridized carbons (Fsp3) is 0. The minimum absolute atomic E-state index is 0.124. The van der Waals surface area contributed by atoms with E-state index in [9.17, 15) is 4.79 Å². The van der Waals surface area contributed by atoms with Crippen molar-refractivity contribution in [2.75, 3.05) is 0 Å². The molecule has 0 amide bonds. The van der Waals surface area contributed by atoms with Gasteiger partial charge in [0.05, 0.1) is 10.7 Å². The zero-order chi connectivity index (χ0) is 11.3. The van der Waals surface area contributed by atoms with E-state index in [1.165, 1.54) is 0 Å². The Balaban J connectivity index is 3.21. The van der Waals surface area contributed by atoms with Crippen molar-refractivity contribution in [2.24, 2.45) is 5.11 Å². The van der Waals surface area contributed by atoms with Gasteiger partial charge in [-0.15, -0.1) is 0 Å². The third kappa shape index (κ3) is 3.09. The molecule has 0 aromatic heterocycles. The number of rotatable bonds is 3. The Morgan fingerprint density at radius 2 is 2.07 bits per heavy atom. The van der Waals surface area contributed by atoms with Gasteiger partial charge in [-0.2, -0.15) is 0 Å². The van der Waals surface area contributed by atoms with E-state index in [1.807, 2.05) is 0 Å². The average molecular weight is 287 g/mol. The number of hydrogen-bond donors (Lipinski definition) is 0. The highest BCUT2D eigenvalue weighted by Crippen LogP contribution is 2.24. The van der Waals surface area contributed by atoms with Gasteiger partial charge in [-0.3, -0.25) is 4.79 Å². The molecule has 15 heavy (non-hydrogen) atoms. The lowest BCUT2D eigenvalue weighted by atomic mass is 10.2. The Hall–Kier alpha value is -1.29. The lowest BCUT2D eigenvalue weighted by molar-refractivity contribution is -0.104. The van der Waals surface area contributed by atoms with E-state index in [1.54, 1.807) is 24.3 Å². The number of hydrogen-bond acceptors (Lipinski definition) is 2.